The van der Waals surface area contributed by atoms with E-state index in [0.717, 1.165) is 4.57 Å². The van der Waals surface area contributed by atoms with Crippen LogP contribution < -0.4 is 11.3 Å². The zero-order valence-electron chi connectivity index (χ0n) is 9.65. The summed E-state index contributed by atoms with van der Waals surface area (Å²) >= 11 is 0. The van der Waals surface area contributed by atoms with Gasteiger partial charge in [-0.15, -0.1) is 13.2 Å². The molecule has 0 radical (unpaired) electrons. The van der Waals surface area contributed by atoms with Crippen molar-refractivity contribution < 1.29 is 17.9 Å². The first-order chi connectivity index (χ1) is 8.87. The normalized spacial score (nSPS) is 11.9. The first kappa shape index (κ1) is 13.3. The van der Waals surface area contributed by atoms with Crippen molar-refractivity contribution in [3.8, 4) is 0 Å². The number of ether oxygens (including phenoxy) is 1. The minimum atomic E-state index is -4.71. The van der Waals surface area contributed by atoms with Crippen molar-refractivity contribution >= 4 is 16.6 Å². The number of rotatable bonds is 3. The Bertz CT molecular complexity index is 652. The fourth-order valence-electron chi connectivity index (χ4n) is 1.60. The fourth-order valence-corrected chi connectivity index (χ4v) is 1.60. The Labute approximate surface area is 105 Å². The highest BCUT2D eigenvalue weighted by molar-refractivity contribution is 5.80. The average molecular weight is 273 g/mol. The predicted molar refractivity (Wildman–Crippen MR) is 62.4 cm³/mol. The maximum Gasteiger partial charge on any atom is 0.522 e. The number of nitrogen functional groups attached to an aromatic ring is 1. The van der Waals surface area contributed by atoms with Gasteiger partial charge in [0.1, 0.15) is 0 Å². The van der Waals surface area contributed by atoms with E-state index in [0.29, 0.717) is 11.2 Å². The Morgan fingerprint density at radius 1 is 1.37 bits per heavy atom. The van der Waals surface area contributed by atoms with E-state index in [-0.39, 0.29) is 11.9 Å². The second kappa shape index (κ2) is 4.88. The van der Waals surface area contributed by atoms with Gasteiger partial charge in [-0.05, 0) is 18.2 Å². The lowest BCUT2D eigenvalue weighted by Crippen LogP contribution is -2.25. The summed E-state index contributed by atoms with van der Waals surface area (Å²) in [5.41, 5.74) is 5.92. The second-order valence-corrected chi connectivity index (χ2v) is 3.81. The quantitative estimate of drug-likeness (QED) is 0.861. The highest BCUT2D eigenvalue weighted by Gasteiger charge is 2.28. The van der Waals surface area contributed by atoms with E-state index in [1.165, 1.54) is 12.4 Å². The maximum atomic E-state index is 12.0. The molecule has 0 atom stereocenters. The number of nitrogens with two attached hydrogens (primary N) is 1. The molecular formula is C11H10F3N3O2. The zero-order chi connectivity index (χ0) is 14.0. The van der Waals surface area contributed by atoms with Gasteiger partial charge in [0.05, 0.1) is 30.4 Å². The van der Waals surface area contributed by atoms with Crippen LogP contribution in [0.4, 0.5) is 18.9 Å². The summed E-state index contributed by atoms with van der Waals surface area (Å²) in [5.74, 6) is 0. The van der Waals surface area contributed by atoms with Crippen LogP contribution in [0.3, 0.4) is 0 Å². The number of fused-ring (bicyclic) bond motifs is 1. The van der Waals surface area contributed by atoms with Crippen molar-refractivity contribution in [2.24, 2.45) is 0 Å². The molecular weight excluding hydrogens is 263 g/mol. The molecule has 1 heterocycles. The molecule has 0 saturated carbocycles. The first-order valence-electron chi connectivity index (χ1n) is 5.32. The Balaban J connectivity index is 2.25. The van der Waals surface area contributed by atoms with Gasteiger partial charge in [0.25, 0.3) is 5.56 Å². The van der Waals surface area contributed by atoms with Gasteiger partial charge in [-0.2, -0.15) is 0 Å². The summed E-state index contributed by atoms with van der Waals surface area (Å²) in [6.45, 7) is -0.894. The third-order valence-electron chi connectivity index (χ3n) is 2.45. The van der Waals surface area contributed by atoms with Crippen LogP contribution in [0.15, 0.2) is 29.3 Å². The summed E-state index contributed by atoms with van der Waals surface area (Å²) in [4.78, 5) is 15.9. The number of alkyl halides is 3. The van der Waals surface area contributed by atoms with Crippen LogP contribution >= 0.6 is 0 Å². The molecule has 19 heavy (non-hydrogen) atoms. The number of hydrogen-bond acceptors (Lipinski definition) is 4. The molecule has 0 bridgehead atoms. The number of aromatic nitrogens is 2. The van der Waals surface area contributed by atoms with Crippen molar-refractivity contribution in [3.05, 3.63) is 34.9 Å². The summed E-state index contributed by atoms with van der Waals surface area (Å²) in [7, 11) is 0. The number of halogens is 3. The Morgan fingerprint density at radius 2 is 2.11 bits per heavy atom. The SMILES string of the molecule is Nc1ccc2ncn(CCOC(F)(F)F)c(=O)c2c1. The zero-order valence-corrected chi connectivity index (χ0v) is 9.65. The predicted octanol–water partition coefficient (Wildman–Crippen LogP) is 1.52. The minimum absolute atomic E-state index is 0.240. The molecule has 2 rings (SSSR count). The molecule has 2 aromatic rings. The molecule has 102 valence electrons. The van der Waals surface area contributed by atoms with E-state index >= 15 is 0 Å². The van der Waals surface area contributed by atoms with Crippen LogP contribution in [0, 0.1) is 0 Å². The van der Waals surface area contributed by atoms with Crippen molar-refractivity contribution in [2.45, 2.75) is 12.9 Å². The molecule has 0 aliphatic carbocycles. The standard InChI is InChI=1S/C11H10F3N3O2/c12-11(13,14)19-4-3-17-6-16-9-2-1-7(15)5-8(9)10(17)18/h1-2,5-6H,3-4,15H2. The third-order valence-corrected chi connectivity index (χ3v) is 2.45. The van der Waals surface area contributed by atoms with Crippen LogP contribution in [0.5, 0.6) is 0 Å². The van der Waals surface area contributed by atoms with Crippen LogP contribution in [0.2, 0.25) is 0 Å². The van der Waals surface area contributed by atoms with Gasteiger partial charge in [0, 0.05) is 5.69 Å². The molecule has 1 aromatic carbocycles. The molecule has 1 aromatic heterocycles. The fraction of sp³-hybridized carbons (Fsp3) is 0.273. The minimum Gasteiger partial charge on any atom is -0.399 e. The number of hydrogen-bond donors (Lipinski definition) is 1. The molecule has 0 amide bonds. The lowest BCUT2D eigenvalue weighted by Gasteiger charge is -2.09. The Hall–Kier alpha value is -2.09. The lowest BCUT2D eigenvalue weighted by molar-refractivity contribution is -0.325. The molecule has 0 aliphatic rings. The van der Waals surface area contributed by atoms with E-state index in [1.54, 1.807) is 12.1 Å². The molecule has 2 N–H and O–H groups in total. The van der Waals surface area contributed by atoms with Gasteiger partial charge in [-0.3, -0.25) is 14.1 Å². The van der Waals surface area contributed by atoms with Gasteiger partial charge < -0.3 is 5.73 Å². The molecule has 0 spiro atoms. The molecule has 0 aliphatic heterocycles. The molecule has 5 nitrogen and oxygen atoms in total. The van der Waals surface area contributed by atoms with Gasteiger partial charge in [0.15, 0.2) is 0 Å². The van der Waals surface area contributed by atoms with Crippen LogP contribution in [0.1, 0.15) is 0 Å². The van der Waals surface area contributed by atoms with Crippen LogP contribution in [-0.4, -0.2) is 22.5 Å². The monoisotopic (exact) mass is 273 g/mol. The van der Waals surface area contributed by atoms with E-state index in [2.05, 4.69) is 9.72 Å². The van der Waals surface area contributed by atoms with Crippen molar-refractivity contribution in [2.75, 3.05) is 12.3 Å². The van der Waals surface area contributed by atoms with Crippen LogP contribution in [-0.2, 0) is 11.3 Å². The van der Waals surface area contributed by atoms with Crippen LogP contribution in [0.25, 0.3) is 10.9 Å². The van der Waals surface area contributed by atoms with E-state index < -0.39 is 18.5 Å². The van der Waals surface area contributed by atoms with Gasteiger partial charge in [-0.1, -0.05) is 0 Å². The summed E-state index contributed by atoms with van der Waals surface area (Å²) in [6, 6.07) is 4.60. The maximum absolute atomic E-state index is 12.0. The largest absolute Gasteiger partial charge is 0.522 e. The van der Waals surface area contributed by atoms with Gasteiger partial charge in [0.2, 0.25) is 0 Å². The summed E-state index contributed by atoms with van der Waals surface area (Å²) < 4.78 is 40.1. The Morgan fingerprint density at radius 3 is 2.79 bits per heavy atom. The molecule has 0 unspecified atom stereocenters. The van der Waals surface area contributed by atoms with E-state index in [1.807, 2.05) is 0 Å². The smallest absolute Gasteiger partial charge is 0.399 e. The highest BCUT2D eigenvalue weighted by Crippen LogP contribution is 2.16. The molecule has 0 fully saturated rings. The van der Waals surface area contributed by atoms with E-state index in [9.17, 15) is 18.0 Å². The van der Waals surface area contributed by atoms with Gasteiger partial charge >= 0.3 is 6.36 Å². The summed E-state index contributed by atoms with van der Waals surface area (Å²) in [6.07, 6.45) is -3.53. The Kier molecular flexibility index (Phi) is 3.43. The second-order valence-electron chi connectivity index (χ2n) is 3.81. The van der Waals surface area contributed by atoms with Gasteiger partial charge in [-0.25, -0.2) is 4.98 Å². The third kappa shape index (κ3) is 3.22. The van der Waals surface area contributed by atoms with Crippen molar-refractivity contribution in [3.63, 3.8) is 0 Å². The lowest BCUT2D eigenvalue weighted by atomic mass is 10.2. The summed E-state index contributed by atoms with van der Waals surface area (Å²) in [5, 5.41) is 0.259. The topological polar surface area (TPSA) is 70.1 Å². The first-order valence-corrected chi connectivity index (χ1v) is 5.32. The number of benzene rings is 1. The molecule has 8 heteroatoms. The molecule has 0 saturated heterocycles. The van der Waals surface area contributed by atoms with Crippen molar-refractivity contribution in [1.82, 2.24) is 9.55 Å². The van der Waals surface area contributed by atoms with E-state index in [4.69, 9.17) is 5.73 Å². The average Bonchev–Trinajstić information content (AvgIpc) is 2.31. The number of anilines is 1. The van der Waals surface area contributed by atoms with Crippen molar-refractivity contribution in [1.29, 1.82) is 0 Å². The highest BCUT2D eigenvalue weighted by atomic mass is 19.4. The number of nitrogens with zero attached hydrogens (tertiary/aromatic N) is 2.